The van der Waals surface area contributed by atoms with Gasteiger partial charge >= 0.3 is 12.2 Å². The van der Waals surface area contributed by atoms with E-state index < -0.39 is 17.8 Å². The van der Waals surface area contributed by atoms with Crippen molar-refractivity contribution in [2.45, 2.75) is 13.1 Å². The molecule has 0 saturated heterocycles. The number of ether oxygens (including phenoxy) is 1. The third kappa shape index (κ3) is 8.03. The first kappa shape index (κ1) is 26.6. The molecule has 0 atom stereocenters. The van der Waals surface area contributed by atoms with Crippen LogP contribution in [0.3, 0.4) is 0 Å². The molecule has 0 bridgehead atoms. The van der Waals surface area contributed by atoms with Crippen LogP contribution in [-0.2, 0) is 11.0 Å². The Morgan fingerprint density at radius 2 is 1.66 bits per heavy atom. The smallest absolute Gasteiger partial charge is 0.416 e. The van der Waals surface area contributed by atoms with Crippen molar-refractivity contribution in [1.29, 1.82) is 0 Å². The van der Waals surface area contributed by atoms with E-state index in [0.29, 0.717) is 22.7 Å². The topological polar surface area (TPSA) is 130 Å². The molecule has 3 rings (SSSR count). The molecule has 3 aromatic rings. The van der Waals surface area contributed by atoms with Gasteiger partial charge in [-0.15, -0.1) is 0 Å². The van der Waals surface area contributed by atoms with Crippen molar-refractivity contribution >= 4 is 29.8 Å². The lowest BCUT2D eigenvalue weighted by Gasteiger charge is -2.13. The average molecular weight is 490 g/mol. The SMILES string of the molecule is CNC(=O)c1cc(Oc2ccc(NC(=O)Nc3cc(C(F)(F)F)ccc3C)cc2)ccn1.O=CO. The van der Waals surface area contributed by atoms with Gasteiger partial charge in [0.2, 0.25) is 0 Å². The molecule has 3 amide bonds. The molecule has 0 radical (unpaired) electrons. The summed E-state index contributed by atoms with van der Waals surface area (Å²) < 4.78 is 44.4. The Morgan fingerprint density at radius 3 is 2.26 bits per heavy atom. The number of hydrogen-bond acceptors (Lipinski definition) is 5. The lowest BCUT2D eigenvalue weighted by atomic mass is 10.1. The predicted octanol–water partition coefficient (Wildman–Crippen LogP) is 4.91. The van der Waals surface area contributed by atoms with Gasteiger partial charge in [0.25, 0.3) is 12.4 Å². The lowest BCUT2D eigenvalue weighted by molar-refractivity contribution is -0.137. The fourth-order valence-corrected chi connectivity index (χ4v) is 2.69. The van der Waals surface area contributed by atoms with E-state index in [0.717, 1.165) is 12.1 Å². The Balaban J connectivity index is 0.00000137. The molecule has 12 heteroatoms. The second kappa shape index (κ2) is 12.0. The number of amides is 3. The number of carbonyl (C=O) groups is 3. The van der Waals surface area contributed by atoms with E-state index in [-0.39, 0.29) is 23.8 Å². The van der Waals surface area contributed by atoms with Crippen LogP contribution in [0, 0.1) is 6.92 Å². The summed E-state index contributed by atoms with van der Waals surface area (Å²) in [5.74, 6) is 0.493. The largest absolute Gasteiger partial charge is 0.483 e. The monoisotopic (exact) mass is 490 g/mol. The van der Waals surface area contributed by atoms with Gasteiger partial charge in [0.1, 0.15) is 17.2 Å². The fourth-order valence-electron chi connectivity index (χ4n) is 2.69. The maximum Gasteiger partial charge on any atom is 0.416 e. The Hall–Kier alpha value is -4.61. The molecule has 0 aliphatic carbocycles. The number of nitrogens with zero attached hydrogens (tertiary/aromatic N) is 1. The molecule has 184 valence electrons. The van der Waals surface area contributed by atoms with E-state index in [1.807, 2.05) is 0 Å². The predicted molar refractivity (Wildman–Crippen MR) is 122 cm³/mol. The van der Waals surface area contributed by atoms with Crippen LogP contribution in [0.4, 0.5) is 29.3 Å². The third-order valence-corrected chi connectivity index (χ3v) is 4.35. The molecule has 0 unspecified atom stereocenters. The summed E-state index contributed by atoms with van der Waals surface area (Å²) in [5.41, 5.74) is 0.299. The first-order valence-corrected chi connectivity index (χ1v) is 9.87. The zero-order valence-corrected chi connectivity index (χ0v) is 18.5. The van der Waals surface area contributed by atoms with E-state index in [4.69, 9.17) is 14.6 Å². The van der Waals surface area contributed by atoms with Crippen molar-refractivity contribution in [1.82, 2.24) is 10.3 Å². The van der Waals surface area contributed by atoms with Crippen LogP contribution in [0.15, 0.2) is 60.8 Å². The highest BCUT2D eigenvalue weighted by Gasteiger charge is 2.30. The van der Waals surface area contributed by atoms with Gasteiger partial charge in [-0.3, -0.25) is 14.6 Å². The lowest BCUT2D eigenvalue weighted by Crippen LogP contribution is -2.20. The third-order valence-electron chi connectivity index (χ3n) is 4.35. The van der Waals surface area contributed by atoms with Gasteiger partial charge in [-0.05, 0) is 55.0 Å². The van der Waals surface area contributed by atoms with E-state index in [2.05, 4.69) is 20.9 Å². The molecule has 2 aromatic carbocycles. The van der Waals surface area contributed by atoms with Crippen molar-refractivity contribution in [2.75, 3.05) is 17.7 Å². The van der Waals surface area contributed by atoms with E-state index >= 15 is 0 Å². The second-order valence-corrected chi connectivity index (χ2v) is 6.79. The van der Waals surface area contributed by atoms with Crippen molar-refractivity contribution < 1.29 is 37.4 Å². The number of pyridine rings is 1. The number of aromatic nitrogens is 1. The van der Waals surface area contributed by atoms with Crippen LogP contribution in [-0.4, -0.2) is 35.5 Å². The molecule has 0 fully saturated rings. The normalized spacial score (nSPS) is 10.3. The summed E-state index contributed by atoms with van der Waals surface area (Å²) in [6, 6.07) is 11.8. The Bertz CT molecular complexity index is 1180. The number of aryl methyl sites for hydroxylation is 1. The van der Waals surface area contributed by atoms with Crippen molar-refractivity contribution in [3.8, 4) is 11.5 Å². The van der Waals surface area contributed by atoms with Crippen molar-refractivity contribution in [2.24, 2.45) is 0 Å². The molecule has 35 heavy (non-hydrogen) atoms. The minimum absolute atomic E-state index is 0.0573. The van der Waals surface area contributed by atoms with Gasteiger partial charge in [-0.1, -0.05) is 6.07 Å². The minimum Gasteiger partial charge on any atom is -0.483 e. The highest BCUT2D eigenvalue weighted by atomic mass is 19.4. The molecule has 1 aromatic heterocycles. The number of halogens is 3. The highest BCUT2D eigenvalue weighted by molar-refractivity contribution is 6.00. The number of anilines is 2. The zero-order chi connectivity index (χ0) is 26.0. The number of alkyl halides is 3. The van der Waals surface area contributed by atoms with Crippen LogP contribution >= 0.6 is 0 Å². The Labute approximate surface area is 197 Å². The summed E-state index contributed by atoms with van der Waals surface area (Å²) in [7, 11) is 1.49. The van der Waals surface area contributed by atoms with Gasteiger partial charge in [-0.2, -0.15) is 13.2 Å². The number of rotatable bonds is 5. The van der Waals surface area contributed by atoms with E-state index in [1.165, 1.54) is 25.4 Å². The van der Waals surface area contributed by atoms with Gasteiger partial charge < -0.3 is 25.8 Å². The molecular formula is C23H21F3N4O5. The summed E-state index contributed by atoms with van der Waals surface area (Å²) in [6.45, 7) is 1.34. The van der Waals surface area contributed by atoms with Crippen LogP contribution in [0.2, 0.25) is 0 Å². The van der Waals surface area contributed by atoms with Crippen molar-refractivity contribution in [3.63, 3.8) is 0 Å². The van der Waals surface area contributed by atoms with Gasteiger partial charge in [0, 0.05) is 30.7 Å². The van der Waals surface area contributed by atoms with Gasteiger partial charge in [0.15, 0.2) is 0 Å². The number of carboxylic acid groups (broad SMARTS) is 1. The van der Waals surface area contributed by atoms with Gasteiger partial charge in [0.05, 0.1) is 5.56 Å². The minimum atomic E-state index is -4.51. The number of carbonyl (C=O) groups excluding carboxylic acids is 2. The molecule has 0 saturated carbocycles. The summed E-state index contributed by atoms with van der Waals surface area (Å²) in [5, 5.41) is 14.3. The van der Waals surface area contributed by atoms with Crippen LogP contribution in [0.1, 0.15) is 21.6 Å². The first-order valence-electron chi connectivity index (χ1n) is 9.87. The molecule has 1 heterocycles. The second-order valence-electron chi connectivity index (χ2n) is 6.79. The maximum absolute atomic E-state index is 12.9. The van der Waals surface area contributed by atoms with E-state index in [1.54, 1.807) is 37.3 Å². The zero-order valence-electron chi connectivity index (χ0n) is 18.5. The number of hydrogen-bond donors (Lipinski definition) is 4. The number of nitrogens with one attached hydrogen (secondary N) is 3. The Morgan fingerprint density at radius 1 is 1.00 bits per heavy atom. The quantitative estimate of drug-likeness (QED) is 0.376. The summed E-state index contributed by atoms with van der Waals surface area (Å²) in [6.07, 6.45) is -3.07. The van der Waals surface area contributed by atoms with E-state index in [9.17, 15) is 22.8 Å². The molecule has 0 spiro atoms. The molecule has 9 nitrogen and oxygen atoms in total. The fraction of sp³-hybridized carbons (Fsp3) is 0.130. The average Bonchev–Trinajstić information content (AvgIpc) is 2.81. The Kier molecular flexibility index (Phi) is 9.15. The standard InChI is InChI=1S/C22H19F3N4O3.CH2O2/c1-13-3-4-14(22(23,24)25)11-18(13)29-21(31)28-15-5-7-16(8-6-15)32-17-9-10-27-19(12-17)20(30)26-2;2-1-3/h3-12H,1-2H3,(H,26,30)(H2,28,29,31);1H,(H,2,3). The summed E-state index contributed by atoms with van der Waals surface area (Å²) >= 11 is 0. The molecule has 4 N–H and O–H groups in total. The first-order chi connectivity index (χ1) is 16.6. The molecule has 0 aliphatic heterocycles. The van der Waals surface area contributed by atoms with Crippen LogP contribution < -0.4 is 20.7 Å². The summed E-state index contributed by atoms with van der Waals surface area (Å²) in [4.78, 5) is 36.2. The maximum atomic E-state index is 12.9. The van der Waals surface area contributed by atoms with Gasteiger partial charge in [-0.25, -0.2) is 4.79 Å². The highest BCUT2D eigenvalue weighted by Crippen LogP contribution is 2.32. The van der Waals surface area contributed by atoms with Crippen molar-refractivity contribution in [3.05, 3.63) is 77.6 Å². The van der Waals surface area contributed by atoms with Crippen LogP contribution in [0.5, 0.6) is 11.5 Å². The van der Waals surface area contributed by atoms with Crippen LogP contribution in [0.25, 0.3) is 0 Å². The molecular weight excluding hydrogens is 469 g/mol. The number of urea groups is 1. The number of benzene rings is 2. The molecule has 0 aliphatic rings.